The highest BCUT2D eigenvalue weighted by Gasteiger charge is 2.38. The van der Waals surface area contributed by atoms with Crippen LogP contribution >= 0.6 is 0 Å². The molecule has 0 bridgehead atoms. The van der Waals surface area contributed by atoms with Gasteiger partial charge in [0.2, 0.25) is 0 Å². The van der Waals surface area contributed by atoms with Crippen LogP contribution in [0.2, 0.25) is 0 Å². The molecule has 0 radical (unpaired) electrons. The zero-order valence-corrected chi connectivity index (χ0v) is 13.5. The summed E-state index contributed by atoms with van der Waals surface area (Å²) in [5.41, 5.74) is 2.88. The number of hydrogen-bond donors (Lipinski definition) is 0. The Morgan fingerprint density at radius 3 is 2.65 bits per heavy atom. The van der Waals surface area contributed by atoms with Crippen molar-refractivity contribution in [1.82, 2.24) is 0 Å². The van der Waals surface area contributed by atoms with E-state index in [4.69, 9.17) is 9.15 Å². The van der Waals surface area contributed by atoms with Crippen molar-refractivity contribution in [2.45, 2.75) is 25.7 Å². The van der Waals surface area contributed by atoms with Gasteiger partial charge in [-0.05, 0) is 12.1 Å². The third-order valence-corrected chi connectivity index (χ3v) is 4.67. The number of fused-ring (bicyclic) bond motifs is 4. The molecular formula is C20H18O3. The fourth-order valence-electron chi connectivity index (χ4n) is 3.68. The smallest absolute Gasteiger partial charge is 0.197 e. The van der Waals surface area contributed by atoms with E-state index in [9.17, 15) is 4.79 Å². The maximum Gasteiger partial charge on any atom is 0.197 e. The van der Waals surface area contributed by atoms with Crippen molar-refractivity contribution in [1.29, 1.82) is 0 Å². The number of carbonyl (C=O) groups is 1. The Kier molecular flexibility index (Phi) is 2.89. The number of rotatable bonds is 1. The van der Waals surface area contributed by atoms with E-state index in [0.717, 1.165) is 28.0 Å². The van der Waals surface area contributed by atoms with Crippen LogP contribution in [0.25, 0.3) is 11.0 Å². The summed E-state index contributed by atoms with van der Waals surface area (Å²) in [5, 5.41) is 0.888. The van der Waals surface area contributed by atoms with Crippen LogP contribution in [-0.2, 0) is 11.8 Å². The van der Waals surface area contributed by atoms with Gasteiger partial charge < -0.3 is 9.15 Å². The molecule has 0 N–H and O–H groups in total. The molecule has 0 atom stereocenters. The van der Waals surface area contributed by atoms with Crippen LogP contribution < -0.4 is 4.74 Å². The van der Waals surface area contributed by atoms with Crippen molar-refractivity contribution in [2.75, 3.05) is 7.11 Å². The third kappa shape index (κ3) is 1.93. The topological polar surface area (TPSA) is 39.4 Å². The molecule has 4 rings (SSSR count). The summed E-state index contributed by atoms with van der Waals surface area (Å²) in [5.74, 6) is 1.54. The Morgan fingerprint density at radius 1 is 1.09 bits per heavy atom. The lowest BCUT2D eigenvalue weighted by molar-refractivity contribution is 0.103. The Balaban J connectivity index is 2.08. The molecule has 1 aliphatic rings. The lowest BCUT2D eigenvalue weighted by atomic mass is 9.79. The van der Waals surface area contributed by atoms with E-state index in [1.165, 1.54) is 0 Å². The van der Waals surface area contributed by atoms with E-state index in [-0.39, 0.29) is 11.2 Å². The second-order valence-electron chi connectivity index (χ2n) is 6.67. The summed E-state index contributed by atoms with van der Waals surface area (Å²) >= 11 is 0. The number of carbonyl (C=O) groups excluding carboxylic acids is 1. The predicted octanol–water partition coefficient (Wildman–Crippen LogP) is 4.51. The van der Waals surface area contributed by atoms with Gasteiger partial charge in [-0.15, -0.1) is 0 Å². The normalized spacial score (nSPS) is 15.9. The number of methoxy groups -OCH3 is 1. The number of para-hydroxylation sites is 1. The fraction of sp³-hybridized carbons (Fsp3) is 0.250. The van der Waals surface area contributed by atoms with Crippen molar-refractivity contribution in [3.63, 3.8) is 0 Å². The molecule has 116 valence electrons. The van der Waals surface area contributed by atoms with E-state index in [0.29, 0.717) is 17.5 Å². The van der Waals surface area contributed by atoms with E-state index >= 15 is 0 Å². The number of hydrogen-bond acceptors (Lipinski definition) is 3. The summed E-state index contributed by atoms with van der Waals surface area (Å²) in [6.45, 7) is 4.26. The van der Waals surface area contributed by atoms with Crippen molar-refractivity contribution in [2.24, 2.45) is 0 Å². The highest BCUT2D eigenvalue weighted by Crippen LogP contribution is 2.43. The zero-order chi connectivity index (χ0) is 16.2. The molecule has 1 aliphatic carbocycles. The molecule has 0 amide bonds. The molecule has 3 heteroatoms. The van der Waals surface area contributed by atoms with Gasteiger partial charge in [-0.1, -0.05) is 44.2 Å². The van der Waals surface area contributed by atoms with Crippen molar-refractivity contribution in [3.05, 3.63) is 64.9 Å². The van der Waals surface area contributed by atoms with Crippen molar-refractivity contribution < 1.29 is 13.9 Å². The van der Waals surface area contributed by atoms with Gasteiger partial charge in [0.1, 0.15) is 17.1 Å². The molecule has 2 aromatic carbocycles. The molecule has 0 saturated heterocycles. The summed E-state index contributed by atoms with van der Waals surface area (Å²) < 4.78 is 11.6. The highest BCUT2D eigenvalue weighted by molar-refractivity contribution is 6.18. The number of benzene rings is 2. The van der Waals surface area contributed by atoms with E-state index in [2.05, 4.69) is 13.8 Å². The Hall–Kier alpha value is -2.55. The molecule has 3 aromatic rings. The first-order valence-electron chi connectivity index (χ1n) is 7.75. The van der Waals surface area contributed by atoms with Crippen LogP contribution in [0.1, 0.15) is 41.1 Å². The third-order valence-electron chi connectivity index (χ3n) is 4.67. The second-order valence-corrected chi connectivity index (χ2v) is 6.67. The zero-order valence-electron chi connectivity index (χ0n) is 13.5. The molecule has 0 unspecified atom stereocenters. The second kappa shape index (κ2) is 4.72. The van der Waals surface area contributed by atoms with Gasteiger partial charge in [0.05, 0.1) is 12.7 Å². The maximum atomic E-state index is 13.2. The number of furan rings is 1. The molecule has 23 heavy (non-hydrogen) atoms. The minimum atomic E-state index is -0.253. The SMILES string of the molecule is COc1cccc2c1C(C)(C)Cc1oc3ccccc3c1C2=O. The van der Waals surface area contributed by atoms with Gasteiger partial charge in [0.25, 0.3) is 0 Å². The van der Waals surface area contributed by atoms with Crippen LogP contribution in [0.4, 0.5) is 0 Å². The minimum Gasteiger partial charge on any atom is -0.496 e. The average molecular weight is 306 g/mol. The Labute approximate surface area is 134 Å². The van der Waals surface area contributed by atoms with Gasteiger partial charge in [-0.2, -0.15) is 0 Å². The first-order valence-corrected chi connectivity index (χ1v) is 7.75. The standard InChI is InChI=1S/C20H18O3/c1-20(2)11-16-17(12-7-4-5-9-14(12)23-16)19(21)13-8-6-10-15(22-3)18(13)20/h4-10H,11H2,1-3H3. The lowest BCUT2D eigenvalue weighted by Crippen LogP contribution is -2.22. The molecule has 0 fully saturated rings. The van der Waals surface area contributed by atoms with Gasteiger partial charge >= 0.3 is 0 Å². The van der Waals surface area contributed by atoms with Gasteiger partial charge in [0, 0.05) is 28.3 Å². The molecule has 1 aromatic heterocycles. The van der Waals surface area contributed by atoms with Crippen LogP contribution in [0.3, 0.4) is 0 Å². The predicted molar refractivity (Wildman–Crippen MR) is 89.4 cm³/mol. The van der Waals surface area contributed by atoms with Gasteiger partial charge in [0.15, 0.2) is 5.78 Å². The van der Waals surface area contributed by atoms with Crippen LogP contribution in [0.5, 0.6) is 5.75 Å². The molecular weight excluding hydrogens is 288 g/mol. The van der Waals surface area contributed by atoms with Crippen LogP contribution in [-0.4, -0.2) is 12.9 Å². The lowest BCUT2D eigenvalue weighted by Gasteiger charge is -2.26. The van der Waals surface area contributed by atoms with Crippen molar-refractivity contribution in [3.8, 4) is 5.75 Å². The quantitative estimate of drug-likeness (QED) is 0.664. The summed E-state index contributed by atoms with van der Waals surface area (Å²) in [4.78, 5) is 13.2. The monoisotopic (exact) mass is 306 g/mol. The molecule has 1 heterocycles. The van der Waals surface area contributed by atoms with Crippen LogP contribution in [0, 0.1) is 0 Å². The Morgan fingerprint density at radius 2 is 1.87 bits per heavy atom. The first kappa shape index (κ1) is 14.1. The van der Waals surface area contributed by atoms with E-state index in [1.54, 1.807) is 7.11 Å². The summed E-state index contributed by atoms with van der Waals surface area (Å²) in [6.07, 6.45) is 0.663. The summed E-state index contributed by atoms with van der Waals surface area (Å²) in [6, 6.07) is 13.4. The van der Waals surface area contributed by atoms with E-state index in [1.807, 2.05) is 42.5 Å². The molecule has 0 saturated carbocycles. The van der Waals surface area contributed by atoms with Crippen molar-refractivity contribution >= 4 is 16.8 Å². The van der Waals surface area contributed by atoms with Gasteiger partial charge in [-0.3, -0.25) is 4.79 Å². The average Bonchev–Trinajstić information content (AvgIpc) is 2.86. The van der Waals surface area contributed by atoms with Gasteiger partial charge in [-0.25, -0.2) is 0 Å². The fourth-order valence-corrected chi connectivity index (χ4v) is 3.68. The molecule has 3 nitrogen and oxygen atoms in total. The highest BCUT2D eigenvalue weighted by atomic mass is 16.5. The Bertz CT molecular complexity index is 931. The summed E-state index contributed by atoms with van der Waals surface area (Å²) in [7, 11) is 1.65. The van der Waals surface area contributed by atoms with E-state index < -0.39 is 0 Å². The molecule has 0 spiro atoms. The van der Waals surface area contributed by atoms with Crippen LogP contribution in [0.15, 0.2) is 46.9 Å². The largest absolute Gasteiger partial charge is 0.496 e. The molecule has 0 aliphatic heterocycles. The maximum absolute atomic E-state index is 13.2. The minimum absolute atomic E-state index is 0.0180. The number of ether oxygens (including phenoxy) is 1. The first-order chi connectivity index (χ1) is 11.0. The number of ketones is 1.